The molecule has 7 nitrogen and oxygen atoms in total. The highest BCUT2D eigenvalue weighted by Gasteiger charge is 2.09. The first-order chi connectivity index (χ1) is 10.4. The van der Waals surface area contributed by atoms with E-state index in [1.54, 1.807) is 25.2 Å². The first-order valence-electron chi connectivity index (χ1n) is 6.34. The second-order valence-corrected chi connectivity index (χ2v) is 5.49. The summed E-state index contributed by atoms with van der Waals surface area (Å²) < 4.78 is 12.4. The predicted octanol–water partition coefficient (Wildman–Crippen LogP) is 2.12. The summed E-state index contributed by atoms with van der Waals surface area (Å²) in [6.07, 6.45) is 2.68. The van der Waals surface area contributed by atoms with Crippen LogP contribution in [0.3, 0.4) is 0 Å². The third-order valence-electron chi connectivity index (χ3n) is 2.59. The van der Waals surface area contributed by atoms with Crippen LogP contribution in [0.5, 0.6) is 0 Å². The van der Waals surface area contributed by atoms with Crippen LogP contribution in [0.15, 0.2) is 28.7 Å². The van der Waals surface area contributed by atoms with Gasteiger partial charge in [0.15, 0.2) is 10.4 Å². The topological polar surface area (TPSA) is 86.4 Å². The SMILES string of the molecule is Cc1cc(NC(=O)COC(=O)/C=C/c2ccc(I)o2)n(C)n1. The van der Waals surface area contributed by atoms with E-state index in [2.05, 4.69) is 10.4 Å². The number of ether oxygens (including phenoxy) is 1. The van der Waals surface area contributed by atoms with Gasteiger partial charge < -0.3 is 14.5 Å². The van der Waals surface area contributed by atoms with Crippen LogP contribution in [0.1, 0.15) is 11.5 Å². The number of amides is 1. The lowest BCUT2D eigenvalue weighted by Gasteiger charge is -2.04. The van der Waals surface area contributed by atoms with Gasteiger partial charge in [-0.15, -0.1) is 0 Å². The zero-order valence-electron chi connectivity index (χ0n) is 12.0. The molecule has 116 valence electrons. The highest BCUT2D eigenvalue weighted by atomic mass is 127. The van der Waals surface area contributed by atoms with Gasteiger partial charge >= 0.3 is 5.97 Å². The summed E-state index contributed by atoms with van der Waals surface area (Å²) in [4.78, 5) is 23.2. The molecule has 0 unspecified atom stereocenters. The number of esters is 1. The summed E-state index contributed by atoms with van der Waals surface area (Å²) in [5, 5.41) is 6.70. The standard InChI is InChI=1S/C14H14IN3O4/c1-9-7-12(18(2)17-9)16-13(19)8-21-14(20)6-4-10-3-5-11(15)22-10/h3-7H,8H2,1-2H3,(H,16,19)/b6-4+. The minimum atomic E-state index is -0.622. The molecule has 0 saturated heterocycles. The van der Waals surface area contributed by atoms with Crippen molar-refractivity contribution in [1.29, 1.82) is 0 Å². The van der Waals surface area contributed by atoms with E-state index in [1.807, 2.05) is 29.5 Å². The van der Waals surface area contributed by atoms with Crippen molar-refractivity contribution in [3.05, 3.63) is 39.5 Å². The van der Waals surface area contributed by atoms with Crippen molar-refractivity contribution in [2.24, 2.45) is 7.05 Å². The van der Waals surface area contributed by atoms with Gasteiger partial charge in [-0.1, -0.05) is 0 Å². The molecule has 2 rings (SSSR count). The Balaban J connectivity index is 1.79. The van der Waals surface area contributed by atoms with Crippen molar-refractivity contribution < 1.29 is 18.7 Å². The molecule has 2 aromatic rings. The van der Waals surface area contributed by atoms with Crippen LogP contribution >= 0.6 is 22.6 Å². The quantitative estimate of drug-likeness (QED) is 0.460. The smallest absolute Gasteiger partial charge is 0.331 e. The number of carbonyl (C=O) groups excluding carboxylic acids is 2. The van der Waals surface area contributed by atoms with Crippen molar-refractivity contribution in [3.63, 3.8) is 0 Å². The molecule has 0 aliphatic heterocycles. The van der Waals surface area contributed by atoms with Gasteiger partial charge in [-0.3, -0.25) is 9.48 Å². The molecule has 1 amide bonds. The molecule has 0 radical (unpaired) electrons. The normalized spacial score (nSPS) is 10.9. The number of halogens is 1. The summed E-state index contributed by atoms with van der Waals surface area (Å²) in [5.41, 5.74) is 0.783. The summed E-state index contributed by atoms with van der Waals surface area (Å²) in [5.74, 6) is 0.0236. The number of anilines is 1. The van der Waals surface area contributed by atoms with Gasteiger partial charge in [0.25, 0.3) is 5.91 Å². The molecule has 0 aromatic carbocycles. The van der Waals surface area contributed by atoms with Crippen molar-refractivity contribution in [2.75, 3.05) is 11.9 Å². The highest BCUT2D eigenvalue weighted by Crippen LogP contribution is 2.11. The second-order valence-electron chi connectivity index (χ2n) is 4.43. The number of carbonyl (C=O) groups is 2. The largest absolute Gasteiger partial charge is 0.452 e. The van der Waals surface area contributed by atoms with Crippen LogP contribution in [0, 0.1) is 10.7 Å². The number of nitrogens with one attached hydrogen (secondary N) is 1. The lowest BCUT2D eigenvalue weighted by atomic mass is 10.4. The molecule has 0 aliphatic carbocycles. The first-order valence-corrected chi connectivity index (χ1v) is 7.42. The lowest BCUT2D eigenvalue weighted by Crippen LogP contribution is -2.21. The van der Waals surface area contributed by atoms with Crippen LogP contribution in [0.4, 0.5) is 5.82 Å². The van der Waals surface area contributed by atoms with E-state index in [0.29, 0.717) is 11.6 Å². The number of hydrogen-bond acceptors (Lipinski definition) is 5. The van der Waals surface area contributed by atoms with E-state index in [0.717, 1.165) is 9.46 Å². The Hall–Kier alpha value is -2.10. The Morgan fingerprint density at radius 2 is 2.27 bits per heavy atom. The molecule has 8 heteroatoms. The molecule has 0 aliphatic rings. The molecule has 0 saturated carbocycles. The number of aryl methyl sites for hydroxylation is 2. The van der Waals surface area contributed by atoms with E-state index >= 15 is 0 Å². The third kappa shape index (κ3) is 4.72. The Bertz CT molecular complexity index is 717. The van der Waals surface area contributed by atoms with Crippen LogP contribution < -0.4 is 5.32 Å². The minimum Gasteiger partial charge on any atom is -0.452 e. The maximum atomic E-state index is 11.7. The second kappa shape index (κ2) is 7.25. The van der Waals surface area contributed by atoms with Gasteiger partial charge in [0.05, 0.1) is 5.69 Å². The van der Waals surface area contributed by atoms with Gasteiger partial charge in [0.2, 0.25) is 0 Å². The fourth-order valence-corrected chi connectivity index (χ4v) is 2.09. The molecule has 1 N–H and O–H groups in total. The summed E-state index contributed by atoms with van der Waals surface area (Å²) >= 11 is 2.02. The van der Waals surface area contributed by atoms with Crippen molar-refractivity contribution >= 4 is 46.4 Å². The van der Waals surface area contributed by atoms with E-state index in [9.17, 15) is 9.59 Å². The molecular weight excluding hydrogens is 401 g/mol. The Kier molecular flexibility index (Phi) is 5.36. The Labute approximate surface area is 140 Å². The van der Waals surface area contributed by atoms with Crippen molar-refractivity contribution in [1.82, 2.24) is 9.78 Å². The average molecular weight is 415 g/mol. The maximum Gasteiger partial charge on any atom is 0.331 e. The summed E-state index contributed by atoms with van der Waals surface area (Å²) in [6.45, 7) is 1.44. The van der Waals surface area contributed by atoms with Crippen LogP contribution in [-0.2, 0) is 21.4 Å². The lowest BCUT2D eigenvalue weighted by molar-refractivity contribution is -0.142. The monoisotopic (exact) mass is 415 g/mol. The first kappa shape index (κ1) is 16.3. The van der Waals surface area contributed by atoms with Crippen LogP contribution in [-0.4, -0.2) is 28.3 Å². The molecular formula is C14H14IN3O4. The average Bonchev–Trinajstić information content (AvgIpc) is 3.00. The van der Waals surface area contributed by atoms with Gasteiger partial charge in [-0.05, 0) is 47.7 Å². The maximum absolute atomic E-state index is 11.7. The summed E-state index contributed by atoms with van der Waals surface area (Å²) in [6, 6.07) is 5.22. The van der Waals surface area contributed by atoms with Gasteiger partial charge in [-0.2, -0.15) is 5.10 Å². The Morgan fingerprint density at radius 3 is 2.86 bits per heavy atom. The van der Waals surface area contributed by atoms with Crippen LogP contribution in [0.2, 0.25) is 0 Å². The molecule has 0 atom stereocenters. The highest BCUT2D eigenvalue weighted by molar-refractivity contribution is 14.1. The van der Waals surface area contributed by atoms with E-state index in [-0.39, 0.29) is 6.61 Å². The van der Waals surface area contributed by atoms with Crippen molar-refractivity contribution in [3.8, 4) is 0 Å². The van der Waals surface area contributed by atoms with Gasteiger partial charge in [0.1, 0.15) is 11.6 Å². The fraction of sp³-hybridized carbons (Fsp3) is 0.214. The van der Waals surface area contributed by atoms with Gasteiger partial charge in [-0.25, -0.2) is 4.79 Å². The van der Waals surface area contributed by atoms with E-state index < -0.39 is 11.9 Å². The molecule has 0 spiro atoms. The zero-order chi connectivity index (χ0) is 16.1. The number of hydrogen-bond donors (Lipinski definition) is 1. The number of rotatable bonds is 5. The van der Waals surface area contributed by atoms with Gasteiger partial charge in [0, 0.05) is 19.2 Å². The summed E-state index contributed by atoms with van der Waals surface area (Å²) in [7, 11) is 1.71. The van der Waals surface area contributed by atoms with Crippen molar-refractivity contribution in [2.45, 2.75) is 6.92 Å². The Morgan fingerprint density at radius 1 is 1.50 bits per heavy atom. The number of furan rings is 1. The fourth-order valence-electron chi connectivity index (χ4n) is 1.66. The van der Waals surface area contributed by atoms with E-state index in [1.165, 1.54) is 16.8 Å². The zero-order valence-corrected chi connectivity index (χ0v) is 14.2. The number of nitrogens with zero attached hydrogens (tertiary/aromatic N) is 2. The van der Waals surface area contributed by atoms with E-state index in [4.69, 9.17) is 9.15 Å². The van der Waals surface area contributed by atoms with Crippen LogP contribution in [0.25, 0.3) is 6.08 Å². The third-order valence-corrected chi connectivity index (χ3v) is 3.17. The molecule has 2 aromatic heterocycles. The molecule has 0 fully saturated rings. The molecule has 2 heterocycles. The molecule has 0 bridgehead atoms. The minimum absolute atomic E-state index is 0.372. The number of aromatic nitrogens is 2. The molecule has 22 heavy (non-hydrogen) atoms. The predicted molar refractivity (Wildman–Crippen MR) is 88.0 cm³/mol.